The highest BCUT2D eigenvalue weighted by Gasteiger charge is 2.29. The van der Waals surface area contributed by atoms with E-state index in [1.54, 1.807) is 11.9 Å². The SMILES string of the molecule is CN1C(=O)OCC1Cc1ccccc1. The Balaban J connectivity index is 2.02. The third-order valence-corrected chi connectivity index (χ3v) is 2.55. The Bertz CT molecular complexity index is 323. The Kier molecular flexibility index (Phi) is 2.39. The molecule has 3 nitrogen and oxygen atoms in total. The summed E-state index contributed by atoms with van der Waals surface area (Å²) in [5, 5.41) is 0. The summed E-state index contributed by atoms with van der Waals surface area (Å²) >= 11 is 0. The van der Waals surface area contributed by atoms with Crippen molar-refractivity contribution < 1.29 is 9.53 Å². The van der Waals surface area contributed by atoms with Gasteiger partial charge in [0.2, 0.25) is 0 Å². The van der Waals surface area contributed by atoms with E-state index in [1.165, 1.54) is 5.56 Å². The monoisotopic (exact) mass is 191 g/mol. The van der Waals surface area contributed by atoms with E-state index >= 15 is 0 Å². The Morgan fingerprint density at radius 1 is 1.43 bits per heavy atom. The molecular formula is C11H13NO2. The van der Waals surface area contributed by atoms with Crippen LogP contribution < -0.4 is 0 Å². The Labute approximate surface area is 83.3 Å². The van der Waals surface area contributed by atoms with Crippen LogP contribution in [0.3, 0.4) is 0 Å². The summed E-state index contributed by atoms with van der Waals surface area (Å²) in [6.07, 6.45) is 0.647. The molecule has 1 amide bonds. The van der Waals surface area contributed by atoms with Crippen molar-refractivity contribution in [2.75, 3.05) is 13.7 Å². The van der Waals surface area contributed by atoms with Crippen LogP contribution in [0.25, 0.3) is 0 Å². The lowest BCUT2D eigenvalue weighted by atomic mass is 10.1. The minimum Gasteiger partial charge on any atom is -0.447 e. The van der Waals surface area contributed by atoms with Crippen molar-refractivity contribution in [3.63, 3.8) is 0 Å². The molecular weight excluding hydrogens is 178 g/mol. The van der Waals surface area contributed by atoms with Gasteiger partial charge in [0, 0.05) is 7.05 Å². The predicted octanol–water partition coefficient (Wildman–Crippen LogP) is 1.68. The molecule has 0 radical (unpaired) electrons. The molecule has 1 aliphatic heterocycles. The van der Waals surface area contributed by atoms with Crippen LogP contribution in [0.1, 0.15) is 5.56 Å². The van der Waals surface area contributed by atoms with Crippen LogP contribution in [0.2, 0.25) is 0 Å². The largest absolute Gasteiger partial charge is 0.447 e. The average Bonchev–Trinajstić information content (AvgIpc) is 2.52. The molecule has 0 aliphatic carbocycles. The van der Waals surface area contributed by atoms with Gasteiger partial charge in [-0.25, -0.2) is 4.79 Å². The molecule has 1 fully saturated rings. The van der Waals surface area contributed by atoms with Crippen molar-refractivity contribution in [1.29, 1.82) is 0 Å². The second kappa shape index (κ2) is 3.70. The van der Waals surface area contributed by atoms with Crippen molar-refractivity contribution in [3.8, 4) is 0 Å². The highest BCUT2D eigenvalue weighted by molar-refractivity contribution is 5.69. The van der Waals surface area contributed by atoms with Gasteiger partial charge in [-0.1, -0.05) is 30.3 Å². The Morgan fingerprint density at radius 3 is 2.71 bits per heavy atom. The first-order chi connectivity index (χ1) is 6.77. The van der Waals surface area contributed by atoms with Crippen LogP contribution in [0.5, 0.6) is 0 Å². The number of amides is 1. The minimum atomic E-state index is -0.217. The summed E-state index contributed by atoms with van der Waals surface area (Å²) in [7, 11) is 1.78. The van der Waals surface area contributed by atoms with E-state index in [0.717, 1.165) is 6.42 Å². The normalized spacial score (nSPS) is 21.1. The maximum atomic E-state index is 11.1. The molecule has 0 spiro atoms. The van der Waals surface area contributed by atoms with E-state index in [9.17, 15) is 4.79 Å². The zero-order valence-corrected chi connectivity index (χ0v) is 8.14. The summed E-state index contributed by atoms with van der Waals surface area (Å²) in [5.74, 6) is 0. The second-order valence-electron chi connectivity index (χ2n) is 3.53. The molecule has 0 aromatic heterocycles. The molecule has 74 valence electrons. The topological polar surface area (TPSA) is 29.5 Å². The van der Waals surface area contributed by atoms with E-state index in [4.69, 9.17) is 4.74 Å². The number of carbonyl (C=O) groups is 1. The molecule has 14 heavy (non-hydrogen) atoms. The van der Waals surface area contributed by atoms with E-state index in [-0.39, 0.29) is 12.1 Å². The number of hydrogen-bond donors (Lipinski definition) is 0. The van der Waals surface area contributed by atoms with Crippen LogP contribution in [0, 0.1) is 0 Å². The Hall–Kier alpha value is -1.51. The smallest absolute Gasteiger partial charge is 0.409 e. The van der Waals surface area contributed by atoms with E-state index in [0.29, 0.717) is 6.61 Å². The maximum absolute atomic E-state index is 11.1. The molecule has 1 aromatic rings. The highest BCUT2D eigenvalue weighted by Crippen LogP contribution is 2.14. The van der Waals surface area contributed by atoms with Gasteiger partial charge < -0.3 is 9.64 Å². The molecule has 3 heteroatoms. The number of carbonyl (C=O) groups excluding carboxylic acids is 1. The van der Waals surface area contributed by atoms with Crippen molar-refractivity contribution in [3.05, 3.63) is 35.9 Å². The summed E-state index contributed by atoms with van der Waals surface area (Å²) in [5.41, 5.74) is 1.24. The van der Waals surface area contributed by atoms with Gasteiger partial charge >= 0.3 is 6.09 Å². The van der Waals surface area contributed by atoms with Crippen molar-refractivity contribution in [1.82, 2.24) is 4.90 Å². The van der Waals surface area contributed by atoms with E-state index in [2.05, 4.69) is 12.1 Å². The van der Waals surface area contributed by atoms with Crippen molar-refractivity contribution in [2.24, 2.45) is 0 Å². The quantitative estimate of drug-likeness (QED) is 0.711. The zero-order valence-electron chi connectivity index (χ0n) is 8.14. The summed E-state index contributed by atoms with van der Waals surface area (Å²) < 4.78 is 4.94. The van der Waals surface area contributed by atoms with Gasteiger partial charge in [-0.15, -0.1) is 0 Å². The first kappa shape index (κ1) is 9.06. The molecule has 0 bridgehead atoms. The first-order valence-corrected chi connectivity index (χ1v) is 4.71. The van der Waals surface area contributed by atoms with Crippen LogP contribution in [-0.4, -0.2) is 30.7 Å². The van der Waals surface area contributed by atoms with Gasteiger partial charge in [-0.3, -0.25) is 0 Å². The molecule has 1 saturated heterocycles. The fourth-order valence-corrected chi connectivity index (χ4v) is 1.61. The van der Waals surface area contributed by atoms with Gasteiger partial charge in [0.15, 0.2) is 0 Å². The molecule has 1 heterocycles. The highest BCUT2D eigenvalue weighted by atomic mass is 16.6. The van der Waals surface area contributed by atoms with Gasteiger partial charge in [0.25, 0.3) is 0 Å². The van der Waals surface area contributed by atoms with Crippen LogP contribution in [-0.2, 0) is 11.2 Å². The number of cyclic esters (lactones) is 1. The first-order valence-electron chi connectivity index (χ1n) is 4.71. The molecule has 0 N–H and O–H groups in total. The van der Waals surface area contributed by atoms with Crippen molar-refractivity contribution in [2.45, 2.75) is 12.5 Å². The number of rotatable bonds is 2. The zero-order chi connectivity index (χ0) is 9.97. The number of benzene rings is 1. The predicted molar refractivity (Wildman–Crippen MR) is 53.0 cm³/mol. The molecule has 1 unspecified atom stereocenters. The number of ether oxygens (including phenoxy) is 1. The average molecular weight is 191 g/mol. The molecule has 1 aliphatic rings. The third kappa shape index (κ3) is 1.71. The van der Waals surface area contributed by atoms with Gasteiger partial charge in [0.1, 0.15) is 6.61 Å². The molecule has 0 saturated carbocycles. The standard InChI is InChI=1S/C11H13NO2/c1-12-10(8-14-11(12)13)7-9-5-3-2-4-6-9/h2-6,10H,7-8H2,1H3. The lowest BCUT2D eigenvalue weighted by Gasteiger charge is -2.15. The number of hydrogen-bond acceptors (Lipinski definition) is 2. The number of likely N-dealkylation sites (N-methyl/N-ethyl adjacent to an activating group) is 1. The van der Waals surface area contributed by atoms with Crippen LogP contribution in [0.4, 0.5) is 4.79 Å². The molecule has 1 atom stereocenters. The summed E-state index contributed by atoms with van der Waals surface area (Å²) in [6, 6.07) is 10.3. The van der Waals surface area contributed by atoms with Gasteiger partial charge in [-0.05, 0) is 12.0 Å². The van der Waals surface area contributed by atoms with Gasteiger partial charge in [-0.2, -0.15) is 0 Å². The maximum Gasteiger partial charge on any atom is 0.409 e. The van der Waals surface area contributed by atoms with Crippen molar-refractivity contribution >= 4 is 6.09 Å². The van der Waals surface area contributed by atoms with E-state index < -0.39 is 0 Å². The van der Waals surface area contributed by atoms with Crippen LogP contribution in [0.15, 0.2) is 30.3 Å². The molecule has 1 aromatic carbocycles. The minimum absolute atomic E-state index is 0.185. The Morgan fingerprint density at radius 2 is 2.14 bits per heavy atom. The summed E-state index contributed by atoms with van der Waals surface area (Å²) in [6.45, 7) is 0.504. The lowest BCUT2D eigenvalue weighted by molar-refractivity contribution is 0.163. The van der Waals surface area contributed by atoms with E-state index in [1.807, 2.05) is 18.2 Å². The lowest BCUT2D eigenvalue weighted by Crippen LogP contribution is -2.30. The summed E-state index contributed by atoms with van der Waals surface area (Å²) in [4.78, 5) is 12.7. The second-order valence-corrected chi connectivity index (χ2v) is 3.53. The molecule has 2 rings (SSSR count). The van der Waals surface area contributed by atoms with Gasteiger partial charge in [0.05, 0.1) is 6.04 Å². The third-order valence-electron chi connectivity index (χ3n) is 2.55. The fraction of sp³-hybridized carbons (Fsp3) is 0.364. The van der Waals surface area contributed by atoms with Crippen LogP contribution >= 0.6 is 0 Å². The fourth-order valence-electron chi connectivity index (χ4n) is 1.61. The number of nitrogens with zero attached hydrogens (tertiary/aromatic N) is 1.